The van der Waals surface area contributed by atoms with Crippen molar-refractivity contribution >= 4 is 17.9 Å². The van der Waals surface area contributed by atoms with Gasteiger partial charge in [0.05, 0.1) is 37.7 Å². The van der Waals surface area contributed by atoms with Gasteiger partial charge in [-0.3, -0.25) is 0 Å². The predicted octanol–water partition coefficient (Wildman–Crippen LogP) is -5.94. The summed E-state index contributed by atoms with van der Waals surface area (Å²) < 4.78 is 4.84. The zero-order valence-electron chi connectivity index (χ0n) is 10.9. The van der Waals surface area contributed by atoms with E-state index in [0.29, 0.717) is 6.10 Å². The van der Waals surface area contributed by atoms with Gasteiger partial charge in [-0.15, -0.1) is 0 Å². The van der Waals surface area contributed by atoms with Gasteiger partial charge in [-0.2, -0.15) is 0 Å². The zero-order chi connectivity index (χ0) is 17.1. The van der Waals surface area contributed by atoms with E-state index in [1.165, 1.54) is 0 Å². The van der Waals surface area contributed by atoms with Gasteiger partial charge < -0.3 is 45.0 Å². The first-order valence-corrected chi connectivity index (χ1v) is 5.83. The second kappa shape index (κ2) is 23.2. The van der Waals surface area contributed by atoms with E-state index < -0.39 is 37.7 Å². The van der Waals surface area contributed by atoms with E-state index in [1.807, 2.05) is 13.8 Å². The smallest absolute Gasteiger partial charge is 0.0826 e. The fraction of sp³-hybridized carbons (Fsp3) is 0.667. The molecule has 0 aliphatic rings. The minimum Gasteiger partial charge on any atom is -0.548 e. The maximum absolute atomic E-state index is 9.01. The van der Waals surface area contributed by atoms with Crippen molar-refractivity contribution in [1.82, 2.24) is 0 Å². The number of aliphatic hydroxyl groups excluding tert-OH is 3. The van der Waals surface area contributed by atoms with E-state index in [-0.39, 0.29) is 0 Å². The van der Waals surface area contributed by atoms with Crippen molar-refractivity contribution in [2.24, 2.45) is 0 Å². The van der Waals surface area contributed by atoms with Crippen molar-refractivity contribution in [1.29, 1.82) is 0 Å². The monoisotopic (exact) mass is 374 g/mol. The third-order valence-electron chi connectivity index (χ3n) is 0.623. The van der Waals surface area contributed by atoms with Crippen LogP contribution in [-0.4, -0.2) is 59.2 Å². The number of aliphatic carboxylic acids is 3. The van der Waals surface area contributed by atoms with Crippen molar-refractivity contribution in [2.75, 3.05) is 19.8 Å². The van der Waals surface area contributed by atoms with Gasteiger partial charge in [0.15, 0.2) is 0 Å². The van der Waals surface area contributed by atoms with Crippen LogP contribution in [-0.2, 0) is 42.4 Å². The van der Waals surface area contributed by atoms with Gasteiger partial charge in [0.1, 0.15) is 0 Å². The number of hydrogen-bond acceptors (Lipinski definition) is 10. The maximum Gasteiger partial charge on any atom is 0.0826 e. The Bertz CT molecular complexity index is 210. The molecule has 0 fully saturated rings. The van der Waals surface area contributed by atoms with E-state index in [1.54, 1.807) is 0 Å². The molecule has 0 atom stereocenters. The first kappa shape index (κ1) is 27.5. The average molecular weight is 375 g/mol. The number of carbonyl (C=O) groups is 3. The predicted molar refractivity (Wildman–Crippen MR) is 52.5 cm³/mol. The fourth-order valence-electron chi connectivity index (χ4n) is 0. The molecule has 0 aliphatic heterocycles. The number of aliphatic hydroxyl groups is 3. The van der Waals surface area contributed by atoms with Crippen LogP contribution >= 0.6 is 0 Å². The third-order valence-corrected chi connectivity index (χ3v) is 1.78. The largest absolute Gasteiger partial charge is 0.548 e. The first-order chi connectivity index (χ1) is 9.08. The summed E-state index contributed by atoms with van der Waals surface area (Å²) in [6.45, 7) is 1.38. The van der Waals surface area contributed by atoms with E-state index in [2.05, 4.69) is 0 Å². The minimum atomic E-state index is -1.44. The van der Waals surface area contributed by atoms with Crippen LogP contribution in [0.5, 0.6) is 0 Å². The van der Waals surface area contributed by atoms with Crippen LogP contribution in [0.2, 0.25) is 0 Å². The Morgan fingerprint density at radius 3 is 1.00 bits per heavy atom. The molecule has 0 aromatic heterocycles. The number of carboxylic acids is 3. The second-order valence-electron chi connectivity index (χ2n) is 2.76. The molecule has 0 unspecified atom stereocenters. The van der Waals surface area contributed by atoms with Crippen LogP contribution in [0.3, 0.4) is 0 Å². The molecule has 3 N–H and O–H groups in total. The van der Waals surface area contributed by atoms with Gasteiger partial charge in [-0.25, -0.2) is 0 Å². The number of carboxylic acid groups (broad SMARTS) is 3. The summed E-state index contributed by atoms with van der Waals surface area (Å²) in [6, 6.07) is 0. The maximum atomic E-state index is 9.01. The van der Waals surface area contributed by atoms with Gasteiger partial charge >= 0.3 is 47.9 Å². The molecular weight excluding hydrogens is 359 g/mol. The number of hydrogen-bond donors (Lipinski definition) is 3. The Hall–Kier alpha value is -0.867. The Morgan fingerprint density at radius 2 is 1.00 bits per heavy atom. The summed E-state index contributed by atoms with van der Waals surface area (Å²) in [4.78, 5) is 27.0. The van der Waals surface area contributed by atoms with Crippen LogP contribution in [0.4, 0.5) is 0 Å². The number of rotatable bonds is 4. The molecule has 10 nitrogen and oxygen atoms in total. The second-order valence-corrected chi connectivity index (χ2v) is 3.34. The van der Waals surface area contributed by atoms with Gasteiger partial charge in [0, 0.05) is 0 Å². The summed E-state index contributed by atoms with van der Waals surface area (Å²) >= 11 is 1.16. The first-order valence-electron chi connectivity index (χ1n) is 4.83. The SMILES string of the molecule is CC(C)[O][Zr+3].O=C([O-])CO.O=C([O-])CO.O=C([O-])CO. The summed E-state index contributed by atoms with van der Waals surface area (Å²) in [5.74, 6) is -4.32. The minimum absolute atomic E-state index is 0.424. The molecule has 0 saturated heterocycles. The molecule has 0 saturated carbocycles. The summed E-state index contributed by atoms with van der Waals surface area (Å²) in [7, 11) is 0. The van der Waals surface area contributed by atoms with Crippen molar-refractivity contribution in [3.63, 3.8) is 0 Å². The Morgan fingerprint density at radius 1 is 0.900 bits per heavy atom. The van der Waals surface area contributed by atoms with Crippen LogP contribution in [0.25, 0.3) is 0 Å². The van der Waals surface area contributed by atoms with Gasteiger partial charge in [0.2, 0.25) is 0 Å². The Labute approximate surface area is 131 Å². The van der Waals surface area contributed by atoms with Crippen molar-refractivity contribution in [3.8, 4) is 0 Å². The van der Waals surface area contributed by atoms with Gasteiger partial charge in [-0.05, 0) is 0 Å². The molecule has 11 heteroatoms. The molecule has 0 bridgehead atoms. The topological polar surface area (TPSA) is 190 Å². The fourth-order valence-corrected chi connectivity index (χ4v) is 0. The molecule has 0 heterocycles. The molecule has 0 amide bonds. The molecule has 0 rings (SSSR count). The standard InChI is InChI=1S/C3H7O.3C2H4O3.Zr/c1-3(2)4;3*3-1-2(4)5;/h3H,1-2H3;3*3H,1H2,(H,4,5);/q-1;;;;+4/p-3. The number of carbonyl (C=O) groups excluding carboxylic acids is 3. The average Bonchev–Trinajstić information content (AvgIpc) is 2.40. The van der Waals surface area contributed by atoms with Crippen molar-refractivity contribution in [2.45, 2.75) is 20.0 Å². The molecule has 20 heavy (non-hydrogen) atoms. The van der Waals surface area contributed by atoms with Gasteiger partial charge in [0.25, 0.3) is 0 Å². The van der Waals surface area contributed by atoms with Gasteiger partial charge in [-0.1, -0.05) is 0 Å². The summed E-state index contributed by atoms with van der Waals surface area (Å²) in [6.07, 6.45) is 0.424. The van der Waals surface area contributed by atoms with Crippen molar-refractivity contribution < 1.29 is 73.0 Å². The van der Waals surface area contributed by atoms with E-state index in [9.17, 15) is 0 Å². The molecule has 0 aromatic carbocycles. The molecule has 0 spiro atoms. The van der Waals surface area contributed by atoms with E-state index in [4.69, 9.17) is 47.8 Å². The van der Waals surface area contributed by atoms with Crippen LogP contribution in [0, 0.1) is 0 Å². The third kappa shape index (κ3) is 87.6. The summed E-state index contributed by atoms with van der Waals surface area (Å²) in [5, 5.41) is 49.5. The molecule has 0 aliphatic carbocycles. The zero-order valence-corrected chi connectivity index (χ0v) is 13.4. The van der Waals surface area contributed by atoms with Crippen LogP contribution < -0.4 is 15.3 Å². The molecular formula is C9H16O10Zr. The molecule has 0 radical (unpaired) electrons. The Kier molecular flexibility index (Phi) is 31.9. The molecule has 116 valence electrons. The molecule has 0 aromatic rings. The van der Waals surface area contributed by atoms with E-state index >= 15 is 0 Å². The normalized spacial score (nSPS) is 8.00. The quantitative estimate of drug-likeness (QED) is 0.426. The van der Waals surface area contributed by atoms with Crippen LogP contribution in [0.15, 0.2) is 0 Å². The van der Waals surface area contributed by atoms with Crippen LogP contribution in [0.1, 0.15) is 13.8 Å². The van der Waals surface area contributed by atoms with E-state index in [0.717, 1.165) is 25.2 Å². The summed E-state index contributed by atoms with van der Waals surface area (Å²) in [5.41, 5.74) is 0. The Balaban J connectivity index is -0.0000000853. The van der Waals surface area contributed by atoms with Crippen molar-refractivity contribution in [3.05, 3.63) is 0 Å².